The molecule has 0 atom stereocenters. The monoisotopic (exact) mass is 375 g/mol. The minimum Gasteiger partial charge on any atom is -0.496 e. The summed E-state index contributed by atoms with van der Waals surface area (Å²) in [5.41, 5.74) is 3.93. The smallest absolute Gasteiger partial charge is 0.267 e. The van der Waals surface area contributed by atoms with Gasteiger partial charge in [0.05, 0.1) is 7.11 Å². The molecule has 0 aliphatic carbocycles. The number of fused-ring (bicyclic) bond motifs is 2. The van der Waals surface area contributed by atoms with Crippen molar-refractivity contribution in [3.05, 3.63) is 66.0 Å². The second-order valence-electron chi connectivity index (χ2n) is 7.28. The Labute approximate surface area is 164 Å². The first-order valence-corrected chi connectivity index (χ1v) is 9.61. The summed E-state index contributed by atoms with van der Waals surface area (Å²) < 4.78 is 7.66. The lowest BCUT2D eigenvalue weighted by molar-refractivity contribution is 0.0950. The van der Waals surface area contributed by atoms with E-state index < -0.39 is 0 Å². The third-order valence-electron chi connectivity index (χ3n) is 5.15. The van der Waals surface area contributed by atoms with Crippen LogP contribution >= 0.6 is 0 Å². The average molecular weight is 375 g/mol. The third kappa shape index (κ3) is 3.24. The summed E-state index contributed by atoms with van der Waals surface area (Å²) in [5.74, 6) is 0.653. The molecule has 0 spiro atoms. The normalized spacial score (nSPS) is 11.4. The first-order valence-electron chi connectivity index (χ1n) is 9.61. The lowest BCUT2D eigenvalue weighted by Gasteiger charge is -2.08. The largest absolute Gasteiger partial charge is 0.496 e. The molecule has 2 aromatic heterocycles. The summed E-state index contributed by atoms with van der Waals surface area (Å²) in [6.45, 7) is 4.95. The number of aromatic amines is 1. The molecule has 0 aliphatic rings. The number of benzene rings is 2. The van der Waals surface area contributed by atoms with Crippen LogP contribution in [0.2, 0.25) is 0 Å². The van der Waals surface area contributed by atoms with E-state index in [4.69, 9.17) is 4.74 Å². The predicted octanol–water partition coefficient (Wildman–Crippen LogP) is 4.68. The van der Waals surface area contributed by atoms with E-state index in [1.165, 1.54) is 16.5 Å². The zero-order chi connectivity index (χ0) is 19.7. The topological polar surface area (TPSA) is 59.1 Å². The number of para-hydroxylation sites is 1. The highest BCUT2D eigenvalue weighted by Gasteiger charge is 2.13. The number of carbonyl (C=O) groups excluding carboxylic acids is 1. The number of aromatic nitrogens is 2. The van der Waals surface area contributed by atoms with Gasteiger partial charge in [0.25, 0.3) is 5.91 Å². The molecule has 0 saturated heterocycles. The molecule has 2 aromatic carbocycles. The molecule has 4 rings (SSSR count). The van der Waals surface area contributed by atoms with Gasteiger partial charge in [-0.25, -0.2) is 0 Å². The molecule has 0 aliphatic heterocycles. The molecule has 2 heterocycles. The van der Waals surface area contributed by atoms with Gasteiger partial charge in [-0.1, -0.05) is 24.3 Å². The molecule has 144 valence electrons. The molecule has 5 heteroatoms. The Morgan fingerprint density at radius 1 is 1.14 bits per heavy atom. The second kappa shape index (κ2) is 7.43. The fourth-order valence-electron chi connectivity index (χ4n) is 3.74. The van der Waals surface area contributed by atoms with E-state index in [1.54, 1.807) is 7.11 Å². The zero-order valence-electron chi connectivity index (χ0n) is 16.5. The summed E-state index contributed by atoms with van der Waals surface area (Å²) in [6.07, 6.45) is 2.99. The lowest BCUT2D eigenvalue weighted by Crippen LogP contribution is -2.25. The number of amides is 1. The molecule has 0 fully saturated rings. The standard InChI is InChI=1S/C23H25N3O2/c1-15(2)26-14-16(17-7-4-5-9-21(17)26)11-12-24-23(27)20-13-18-19(25-20)8-6-10-22(18)28-3/h4-10,13-15,25H,11-12H2,1-3H3,(H,24,27). The zero-order valence-corrected chi connectivity index (χ0v) is 16.5. The van der Waals surface area contributed by atoms with Crippen LogP contribution in [-0.4, -0.2) is 29.1 Å². The molecular formula is C23H25N3O2. The van der Waals surface area contributed by atoms with Crippen molar-refractivity contribution < 1.29 is 9.53 Å². The van der Waals surface area contributed by atoms with Crippen molar-refractivity contribution in [3.8, 4) is 5.75 Å². The Morgan fingerprint density at radius 3 is 2.75 bits per heavy atom. The molecular weight excluding hydrogens is 350 g/mol. The van der Waals surface area contributed by atoms with Crippen molar-refractivity contribution in [2.24, 2.45) is 0 Å². The van der Waals surface area contributed by atoms with Gasteiger partial charge in [0.2, 0.25) is 0 Å². The summed E-state index contributed by atoms with van der Waals surface area (Å²) in [4.78, 5) is 15.8. The molecule has 1 amide bonds. The first kappa shape index (κ1) is 18.2. The van der Waals surface area contributed by atoms with Crippen LogP contribution in [-0.2, 0) is 6.42 Å². The van der Waals surface area contributed by atoms with E-state index in [1.807, 2.05) is 24.3 Å². The lowest BCUT2D eigenvalue weighted by atomic mass is 10.1. The quantitative estimate of drug-likeness (QED) is 0.514. The minimum absolute atomic E-state index is 0.106. The molecule has 28 heavy (non-hydrogen) atoms. The highest BCUT2D eigenvalue weighted by molar-refractivity contribution is 5.99. The molecule has 0 unspecified atom stereocenters. The van der Waals surface area contributed by atoms with Gasteiger partial charge in [0.15, 0.2) is 0 Å². The Balaban J connectivity index is 1.48. The minimum atomic E-state index is -0.106. The van der Waals surface area contributed by atoms with E-state index in [2.05, 4.69) is 59.2 Å². The fraction of sp³-hybridized carbons (Fsp3) is 0.261. The molecule has 0 bridgehead atoms. The van der Waals surface area contributed by atoms with Crippen molar-refractivity contribution >= 4 is 27.7 Å². The molecule has 0 saturated carbocycles. The number of H-pyrrole nitrogens is 1. The first-order chi connectivity index (χ1) is 13.6. The van der Waals surface area contributed by atoms with E-state index >= 15 is 0 Å². The van der Waals surface area contributed by atoms with Crippen LogP contribution < -0.4 is 10.1 Å². The number of methoxy groups -OCH3 is 1. The average Bonchev–Trinajstić information content (AvgIpc) is 3.30. The summed E-state index contributed by atoms with van der Waals surface area (Å²) >= 11 is 0. The van der Waals surface area contributed by atoms with Crippen molar-refractivity contribution in [2.75, 3.05) is 13.7 Å². The van der Waals surface area contributed by atoms with Crippen molar-refractivity contribution in [2.45, 2.75) is 26.3 Å². The molecule has 4 aromatic rings. The Morgan fingerprint density at radius 2 is 1.96 bits per heavy atom. The van der Waals surface area contributed by atoms with Crippen molar-refractivity contribution in [1.29, 1.82) is 0 Å². The maximum absolute atomic E-state index is 12.6. The SMILES string of the molecule is COc1cccc2[nH]c(C(=O)NCCc3cn(C(C)C)c4ccccc34)cc12. The van der Waals surface area contributed by atoms with Crippen LogP contribution in [0.15, 0.2) is 54.7 Å². The van der Waals surface area contributed by atoms with Crippen LogP contribution in [0.5, 0.6) is 5.75 Å². The van der Waals surface area contributed by atoms with Crippen molar-refractivity contribution in [3.63, 3.8) is 0 Å². The van der Waals surface area contributed by atoms with Gasteiger partial charge in [-0.2, -0.15) is 0 Å². The van der Waals surface area contributed by atoms with Crippen LogP contribution in [0.4, 0.5) is 0 Å². The van der Waals surface area contributed by atoms with Crippen LogP contribution in [0.3, 0.4) is 0 Å². The van der Waals surface area contributed by atoms with Gasteiger partial charge >= 0.3 is 0 Å². The maximum atomic E-state index is 12.6. The van der Waals surface area contributed by atoms with Crippen LogP contribution in [0.1, 0.15) is 35.9 Å². The number of hydrogen-bond donors (Lipinski definition) is 2. The summed E-state index contributed by atoms with van der Waals surface area (Å²) in [5, 5.41) is 5.19. The number of nitrogens with zero attached hydrogens (tertiary/aromatic N) is 1. The maximum Gasteiger partial charge on any atom is 0.267 e. The number of carbonyl (C=O) groups is 1. The molecule has 5 nitrogen and oxygen atoms in total. The number of ether oxygens (including phenoxy) is 1. The van der Waals surface area contributed by atoms with E-state index in [0.29, 0.717) is 18.3 Å². The Bertz CT molecular complexity index is 1140. The number of nitrogens with one attached hydrogen (secondary N) is 2. The van der Waals surface area contributed by atoms with E-state index in [0.717, 1.165) is 23.1 Å². The van der Waals surface area contributed by atoms with Gasteiger partial charge in [-0.3, -0.25) is 4.79 Å². The summed E-state index contributed by atoms with van der Waals surface area (Å²) in [7, 11) is 1.63. The van der Waals surface area contributed by atoms with Crippen molar-refractivity contribution in [1.82, 2.24) is 14.9 Å². The highest BCUT2D eigenvalue weighted by atomic mass is 16.5. The van der Waals surface area contributed by atoms with Crippen LogP contribution in [0, 0.1) is 0 Å². The number of rotatable bonds is 6. The van der Waals surface area contributed by atoms with Gasteiger partial charge in [0.1, 0.15) is 11.4 Å². The van der Waals surface area contributed by atoms with E-state index in [9.17, 15) is 4.79 Å². The fourth-order valence-corrected chi connectivity index (χ4v) is 3.74. The molecule has 0 radical (unpaired) electrons. The summed E-state index contributed by atoms with van der Waals surface area (Å²) in [6, 6.07) is 16.4. The van der Waals surface area contributed by atoms with Gasteiger partial charge in [-0.15, -0.1) is 0 Å². The highest BCUT2D eigenvalue weighted by Crippen LogP contribution is 2.26. The molecule has 2 N–H and O–H groups in total. The van der Waals surface area contributed by atoms with Crippen LogP contribution in [0.25, 0.3) is 21.8 Å². The predicted molar refractivity (Wildman–Crippen MR) is 113 cm³/mol. The second-order valence-corrected chi connectivity index (χ2v) is 7.28. The van der Waals surface area contributed by atoms with Gasteiger partial charge < -0.3 is 19.6 Å². The Hall–Kier alpha value is -3.21. The van der Waals surface area contributed by atoms with Gasteiger partial charge in [-0.05, 0) is 50.1 Å². The third-order valence-corrected chi connectivity index (χ3v) is 5.15. The Kier molecular flexibility index (Phi) is 4.82. The van der Waals surface area contributed by atoms with Gasteiger partial charge in [0, 0.05) is 40.6 Å². The number of hydrogen-bond acceptors (Lipinski definition) is 2. The van der Waals surface area contributed by atoms with E-state index in [-0.39, 0.29) is 5.91 Å².